The summed E-state index contributed by atoms with van der Waals surface area (Å²) in [6.45, 7) is 8.59. The van der Waals surface area contributed by atoms with Crippen molar-refractivity contribution in [1.29, 1.82) is 0 Å². The summed E-state index contributed by atoms with van der Waals surface area (Å²) in [6, 6.07) is 8.38. The number of aliphatic hydroxyl groups is 1. The van der Waals surface area contributed by atoms with Gasteiger partial charge < -0.3 is 10.4 Å². The van der Waals surface area contributed by atoms with Crippen molar-refractivity contribution in [3.63, 3.8) is 0 Å². The van der Waals surface area contributed by atoms with Gasteiger partial charge in [0.15, 0.2) is 0 Å². The third-order valence-corrected chi connectivity index (χ3v) is 3.34. The van der Waals surface area contributed by atoms with Gasteiger partial charge in [-0.3, -0.25) is 0 Å². The van der Waals surface area contributed by atoms with E-state index in [1.807, 2.05) is 19.2 Å². The van der Waals surface area contributed by atoms with Crippen molar-refractivity contribution in [3.05, 3.63) is 35.4 Å². The van der Waals surface area contributed by atoms with Crippen LogP contribution in [0.3, 0.4) is 0 Å². The lowest BCUT2D eigenvalue weighted by molar-refractivity contribution is 0.110. The van der Waals surface area contributed by atoms with Gasteiger partial charge in [-0.05, 0) is 30.0 Å². The van der Waals surface area contributed by atoms with Crippen LogP contribution in [0.4, 0.5) is 0 Å². The smallest absolute Gasteiger partial charge is 0.0945 e. The van der Waals surface area contributed by atoms with Crippen LogP contribution in [-0.4, -0.2) is 18.2 Å². The molecule has 2 unspecified atom stereocenters. The first-order valence-corrected chi connectivity index (χ1v) is 6.42. The van der Waals surface area contributed by atoms with Crippen molar-refractivity contribution in [2.75, 3.05) is 7.05 Å². The summed E-state index contributed by atoms with van der Waals surface area (Å²) >= 11 is 0. The highest BCUT2D eigenvalue weighted by Crippen LogP contribution is 2.23. The molecule has 0 heterocycles. The predicted molar refractivity (Wildman–Crippen MR) is 73.2 cm³/mol. The standard InChI is InChI=1S/C15H25NO/c1-10(2)12-6-8-13(9-7-12)15(17)14(16-5)11(3)4/h6-11,14-17H,1-5H3. The third kappa shape index (κ3) is 3.55. The van der Waals surface area contributed by atoms with E-state index in [-0.39, 0.29) is 6.04 Å². The fourth-order valence-electron chi connectivity index (χ4n) is 2.14. The molecule has 0 aliphatic carbocycles. The Morgan fingerprint density at radius 2 is 1.41 bits per heavy atom. The van der Waals surface area contributed by atoms with E-state index in [1.165, 1.54) is 5.56 Å². The van der Waals surface area contributed by atoms with Crippen molar-refractivity contribution >= 4 is 0 Å². The Bertz CT molecular complexity index is 329. The molecule has 0 saturated carbocycles. The molecule has 2 heteroatoms. The van der Waals surface area contributed by atoms with E-state index in [9.17, 15) is 5.11 Å². The Morgan fingerprint density at radius 3 is 1.76 bits per heavy atom. The van der Waals surface area contributed by atoms with Crippen LogP contribution in [-0.2, 0) is 0 Å². The fraction of sp³-hybridized carbons (Fsp3) is 0.600. The molecular formula is C15H25NO. The zero-order chi connectivity index (χ0) is 13.0. The van der Waals surface area contributed by atoms with Crippen LogP contribution in [0.1, 0.15) is 50.8 Å². The van der Waals surface area contributed by atoms with Crippen LogP contribution in [0, 0.1) is 5.92 Å². The molecule has 2 N–H and O–H groups in total. The zero-order valence-corrected chi connectivity index (χ0v) is 11.6. The van der Waals surface area contributed by atoms with Crippen molar-refractivity contribution < 1.29 is 5.11 Å². The van der Waals surface area contributed by atoms with E-state index in [2.05, 4.69) is 45.1 Å². The van der Waals surface area contributed by atoms with Crippen molar-refractivity contribution in [2.24, 2.45) is 5.92 Å². The highest BCUT2D eigenvalue weighted by atomic mass is 16.3. The number of hydrogen-bond acceptors (Lipinski definition) is 2. The van der Waals surface area contributed by atoms with E-state index in [4.69, 9.17) is 0 Å². The van der Waals surface area contributed by atoms with Gasteiger partial charge in [-0.15, -0.1) is 0 Å². The van der Waals surface area contributed by atoms with Gasteiger partial charge in [0.2, 0.25) is 0 Å². The lowest BCUT2D eigenvalue weighted by atomic mass is 9.92. The van der Waals surface area contributed by atoms with E-state index in [0.29, 0.717) is 11.8 Å². The van der Waals surface area contributed by atoms with Crippen molar-refractivity contribution in [2.45, 2.75) is 45.8 Å². The Morgan fingerprint density at radius 1 is 0.941 bits per heavy atom. The molecule has 2 atom stereocenters. The minimum Gasteiger partial charge on any atom is -0.387 e. The summed E-state index contributed by atoms with van der Waals surface area (Å²) in [5.41, 5.74) is 2.30. The second kappa shape index (κ2) is 6.18. The molecule has 0 amide bonds. The molecule has 0 fully saturated rings. The van der Waals surface area contributed by atoms with Crippen LogP contribution in [0.2, 0.25) is 0 Å². The summed E-state index contributed by atoms with van der Waals surface area (Å²) in [5, 5.41) is 13.5. The Balaban J connectivity index is 2.85. The maximum atomic E-state index is 10.3. The topological polar surface area (TPSA) is 32.3 Å². The van der Waals surface area contributed by atoms with E-state index in [1.54, 1.807) is 0 Å². The second-order valence-electron chi connectivity index (χ2n) is 5.32. The molecule has 1 aromatic carbocycles. The fourth-order valence-corrected chi connectivity index (χ4v) is 2.14. The largest absolute Gasteiger partial charge is 0.387 e. The average Bonchev–Trinajstić information content (AvgIpc) is 2.29. The second-order valence-corrected chi connectivity index (χ2v) is 5.32. The molecule has 1 aromatic rings. The summed E-state index contributed by atoms with van der Waals surface area (Å²) in [7, 11) is 1.90. The minimum absolute atomic E-state index is 0.0971. The highest BCUT2D eigenvalue weighted by Gasteiger charge is 2.22. The summed E-state index contributed by atoms with van der Waals surface area (Å²) < 4.78 is 0. The number of hydrogen-bond donors (Lipinski definition) is 2. The van der Waals surface area contributed by atoms with Gasteiger partial charge in [-0.2, -0.15) is 0 Å². The maximum absolute atomic E-state index is 10.3. The van der Waals surface area contributed by atoms with Crippen LogP contribution < -0.4 is 5.32 Å². The van der Waals surface area contributed by atoms with Crippen molar-refractivity contribution in [1.82, 2.24) is 5.32 Å². The molecule has 0 spiro atoms. The van der Waals surface area contributed by atoms with Gasteiger partial charge in [-0.1, -0.05) is 52.0 Å². The van der Waals surface area contributed by atoms with E-state index < -0.39 is 6.10 Å². The normalized spacial score (nSPS) is 15.3. The van der Waals surface area contributed by atoms with Crippen LogP contribution in [0.25, 0.3) is 0 Å². The summed E-state index contributed by atoms with van der Waals surface area (Å²) in [5.74, 6) is 0.936. The van der Waals surface area contributed by atoms with Gasteiger partial charge >= 0.3 is 0 Å². The van der Waals surface area contributed by atoms with Crippen LogP contribution in [0.5, 0.6) is 0 Å². The number of aliphatic hydroxyl groups excluding tert-OH is 1. The molecule has 0 radical (unpaired) electrons. The third-order valence-electron chi connectivity index (χ3n) is 3.34. The summed E-state index contributed by atoms with van der Waals surface area (Å²) in [4.78, 5) is 0. The first-order valence-electron chi connectivity index (χ1n) is 6.42. The summed E-state index contributed by atoms with van der Waals surface area (Å²) in [6.07, 6.45) is -0.443. The lowest BCUT2D eigenvalue weighted by Gasteiger charge is -2.26. The van der Waals surface area contributed by atoms with Crippen molar-refractivity contribution in [3.8, 4) is 0 Å². The SMILES string of the molecule is CNC(C(C)C)C(O)c1ccc(C(C)C)cc1. The average molecular weight is 235 g/mol. The monoisotopic (exact) mass is 235 g/mol. The molecule has 0 saturated heterocycles. The van der Waals surface area contributed by atoms with Gasteiger partial charge in [0, 0.05) is 6.04 Å². The van der Waals surface area contributed by atoms with Gasteiger partial charge in [0.1, 0.15) is 0 Å². The Hall–Kier alpha value is -0.860. The first-order chi connectivity index (χ1) is 7.97. The Kier molecular flexibility index (Phi) is 5.16. The molecule has 17 heavy (non-hydrogen) atoms. The number of rotatable bonds is 5. The quantitative estimate of drug-likeness (QED) is 0.822. The van der Waals surface area contributed by atoms with E-state index >= 15 is 0 Å². The van der Waals surface area contributed by atoms with Gasteiger partial charge in [0.05, 0.1) is 6.10 Å². The minimum atomic E-state index is -0.443. The Labute approximate surface area is 105 Å². The first kappa shape index (κ1) is 14.2. The molecule has 2 nitrogen and oxygen atoms in total. The highest BCUT2D eigenvalue weighted by molar-refractivity contribution is 5.26. The number of benzene rings is 1. The number of likely N-dealkylation sites (N-methyl/N-ethyl adjacent to an activating group) is 1. The number of nitrogens with one attached hydrogen (secondary N) is 1. The molecule has 96 valence electrons. The molecule has 1 rings (SSSR count). The predicted octanol–water partition coefficient (Wildman–Crippen LogP) is 3.09. The molecule has 0 aliphatic heterocycles. The molecule has 0 bridgehead atoms. The van der Waals surface area contributed by atoms with Crippen LogP contribution >= 0.6 is 0 Å². The van der Waals surface area contributed by atoms with Crippen LogP contribution in [0.15, 0.2) is 24.3 Å². The molecular weight excluding hydrogens is 210 g/mol. The lowest BCUT2D eigenvalue weighted by Crippen LogP contribution is -2.36. The molecule has 0 aromatic heterocycles. The van der Waals surface area contributed by atoms with E-state index in [0.717, 1.165) is 5.56 Å². The zero-order valence-electron chi connectivity index (χ0n) is 11.6. The van der Waals surface area contributed by atoms with Gasteiger partial charge in [0.25, 0.3) is 0 Å². The molecule has 0 aliphatic rings. The maximum Gasteiger partial charge on any atom is 0.0945 e. The van der Waals surface area contributed by atoms with Gasteiger partial charge in [-0.25, -0.2) is 0 Å².